The SMILES string of the molecule is CCCn1ncc(Cl)c1C(O)c1ccoc1C. The molecule has 2 aromatic heterocycles. The van der Waals surface area contributed by atoms with Crippen molar-refractivity contribution >= 4 is 11.6 Å². The molecular weight excluding hydrogens is 240 g/mol. The number of nitrogens with zero attached hydrogens (tertiary/aromatic N) is 2. The fourth-order valence-corrected chi connectivity index (χ4v) is 2.10. The lowest BCUT2D eigenvalue weighted by Crippen LogP contribution is -2.10. The van der Waals surface area contributed by atoms with E-state index in [0.717, 1.165) is 18.5 Å². The largest absolute Gasteiger partial charge is 0.469 e. The summed E-state index contributed by atoms with van der Waals surface area (Å²) in [5, 5.41) is 15.0. The molecule has 2 aromatic rings. The summed E-state index contributed by atoms with van der Waals surface area (Å²) in [6.07, 6.45) is 3.26. The number of aryl methyl sites for hydroxylation is 2. The minimum Gasteiger partial charge on any atom is -0.469 e. The summed E-state index contributed by atoms with van der Waals surface area (Å²) in [6.45, 7) is 4.60. The van der Waals surface area contributed by atoms with Crippen LogP contribution in [-0.2, 0) is 6.54 Å². The van der Waals surface area contributed by atoms with E-state index in [1.807, 2.05) is 6.92 Å². The molecule has 1 unspecified atom stereocenters. The van der Waals surface area contributed by atoms with Gasteiger partial charge in [0.25, 0.3) is 0 Å². The number of hydrogen-bond acceptors (Lipinski definition) is 3. The van der Waals surface area contributed by atoms with Crippen molar-refractivity contribution in [2.45, 2.75) is 32.9 Å². The highest BCUT2D eigenvalue weighted by atomic mass is 35.5. The lowest BCUT2D eigenvalue weighted by atomic mass is 10.1. The van der Waals surface area contributed by atoms with Gasteiger partial charge in [0, 0.05) is 12.1 Å². The van der Waals surface area contributed by atoms with E-state index in [1.165, 1.54) is 0 Å². The maximum Gasteiger partial charge on any atom is 0.125 e. The molecule has 0 saturated carbocycles. The van der Waals surface area contributed by atoms with Gasteiger partial charge in [0.2, 0.25) is 0 Å². The summed E-state index contributed by atoms with van der Waals surface area (Å²) in [4.78, 5) is 0. The second-order valence-corrected chi connectivity index (χ2v) is 4.34. The molecule has 17 heavy (non-hydrogen) atoms. The van der Waals surface area contributed by atoms with Gasteiger partial charge in [-0.2, -0.15) is 5.10 Å². The second kappa shape index (κ2) is 4.94. The molecule has 0 amide bonds. The van der Waals surface area contributed by atoms with Gasteiger partial charge in [0.15, 0.2) is 0 Å². The maximum atomic E-state index is 10.3. The monoisotopic (exact) mass is 254 g/mol. The van der Waals surface area contributed by atoms with Crippen LogP contribution in [0.4, 0.5) is 0 Å². The Labute approximate surface area is 105 Å². The zero-order valence-electron chi connectivity index (χ0n) is 9.85. The van der Waals surface area contributed by atoms with Gasteiger partial charge in [-0.25, -0.2) is 0 Å². The molecule has 0 aliphatic heterocycles. The van der Waals surface area contributed by atoms with Gasteiger partial charge in [0.1, 0.15) is 11.9 Å². The van der Waals surface area contributed by atoms with Crippen LogP contribution in [0.5, 0.6) is 0 Å². The van der Waals surface area contributed by atoms with Crippen molar-refractivity contribution in [3.8, 4) is 0 Å². The van der Waals surface area contributed by atoms with Crippen molar-refractivity contribution < 1.29 is 9.52 Å². The zero-order chi connectivity index (χ0) is 12.4. The fraction of sp³-hybridized carbons (Fsp3) is 0.417. The third kappa shape index (κ3) is 2.23. The van der Waals surface area contributed by atoms with E-state index in [-0.39, 0.29) is 0 Å². The Morgan fingerprint density at radius 2 is 2.35 bits per heavy atom. The third-order valence-electron chi connectivity index (χ3n) is 2.72. The quantitative estimate of drug-likeness (QED) is 0.913. The van der Waals surface area contributed by atoms with Gasteiger partial charge < -0.3 is 9.52 Å². The first-order valence-electron chi connectivity index (χ1n) is 5.58. The molecule has 5 heteroatoms. The number of aliphatic hydroxyl groups excluding tert-OH is 1. The van der Waals surface area contributed by atoms with E-state index < -0.39 is 6.10 Å². The highest BCUT2D eigenvalue weighted by Gasteiger charge is 2.22. The third-order valence-corrected chi connectivity index (χ3v) is 3.01. The first kappa shape index (κ1) is 12.2. The molecule has 2 heterocycles. The topological polar surface area (TPSA) is 51.2 Å². The highest BCUT2D eigenvalue weighted by Crippen LogP contribution is 2.30. The van der Waals surface area contributed by atoms with Crippen LogP contribution in [0.1, 0.15) is 36.5 Å². The molecule has 1 atom stereocenters. The molecule has 0 aliphatic rings. The normalized spacial score (nSPS) is 12.9. The van der Waals surface area contributed by atoms with Crippen LogP contribution >= 0.6 is 11.6 Å². The van der Waals surface area contributed by atoms with Crippen LogP contribution in [0.25, 0.3) is 0 Å². The van der Waals surface area contributed by atoms with Gasteiger partial charge in [-0.15, -0.1) is 0 Å². The minimum atomic E-state index is -0.796. The molecule has 0 saturated heterocycles. The van der Waals surface area contributed by atoms with Crippen molar-refractivity contribution in [2.75, 3.05) is 0 Å². The van der Waals surface area contributed by atoms with Crippen LogP contribution in [0.15, 0.2) is 22.9 Å². The fourth-order valence-electron chi connectivity index (χ4n) is 1.86. The van der Waals surface area contributed by atoms with Crippen LogP contribution in [-0.4, -0.2) is 14.9 Å². The summed E-state index contributed by atoms with van der Waals surface area (Å²) in [7, 11) is 0. The molecule has 0 aliphatic carbocycles. The maximum absolute atomic E-state index is 10.3. The number of furan rings is 1. The Morgan fingerprint density at radius 3 is 2.94 bits per heavy atom. The molecule has 0 bridgehead atoms. The Kier molecular flexibility index (Phi) is 3.54. The molecule has 0 aromatic carbocycles. The van der Waals surface area contributed by atoms with Gasteiger partial charge in [-0.3, -0.25) is 4.68 Å². The summed E-state index contributed by atoms with van der Waals surface area (Å²) in [5.74, 6) is 0.692. The predicted molar refractivity (Wildman–Crippen MR) is 65.0 cm³/mol. The Bertz CT molecular complexity index is 504. The lowest BCUT2D eigenvalue weighted by molar-refractivity contribution is 0.205. The molecule has 1 N–H and O–H groups in total. The van der Waals surface area contributed by atoms with Crippen LogP contribution in [0.2, 0.25) is 5.02 Å². The molecule has 92 valence electrons. The average Bonchev–Trinajstić information content (AvgIpc) is 2.86. The van der Waals surface area contributed by atoms with Gasteiger partial charge >= 0.3 is 0 Å². The van der Waals surface area contributed by atoms with Crippen molar-refractivity contribution in [2.24, 2.45) is 0 Å². The molecule has 4 nitrogen and oxygen atoms in total. The second-order valence-electron chi connectivity index (χ2n) is 3.94. The minimum absolute atomic E-state index is 0.478. The summed E-state index contributed by atoms with van der Waals surface area (Å²) >= 11 is 6.07. The van der Waals surface area contributed by atoms with Gasteiger partial charge in [0.05, 0.1) is 23.2 Å². The van der Waals surface area contributed by atoms with Gasteiger partial charge in [-0.05, 0) is 19.4 Å². The predicted octanol–water partition coefficient (Wildman–Crippen LogP) is 2.93. The summed E-state index contributed by atoms with van der Waals surface area (Å²) in [6, 6.07) is 1.75. The molecule has 0 radical (unpaired) electrons. The van der Waals surface area contributed by atoms with Crippen LogP contribution in [0, 0.1) is 6.92 Å². The first-order valence-corrected chi connectivity index (χ1v) is 5.96. The zero-order valence-corrected chi connectivity index (χ0v) is 10.6. The average molecular weight is 255 g/mol. The summed E-state index contributed by atoms with van der Waals surface area (Å²) < 4.78 is 6.93. The number of rotatable bonds is 4. The number of aliphatic hydroxyl groups is 1. The molecule has 2 rings (SSSR count). The molecular formula is C12H15ClN2O2. The number of halogens is 1. The van der Waals surface area contributed by atoms with Crippen LogP contribution < -0.4 is 0 Å². The van der Waals surface area contributed by atoms with E-state index >= 15 is 0 Å². The highest BCUT2D eigenvalue weighted by molar-refractivity contribution is 6.31. The Hall–Kier alpha value is -1.26. The van der Waals surface area contributed by atoms with Crippen LogP contribution in [0.3, 0.4) is 0 Å². The standard InChI is InChI=1S/C12H15ClN2O2/c1-3-5-15-11(10(13)7-14-15)12(16)9-4-6-17-8(9)2/h4,6-7,12,16H,3,5H2,1-2H3. The Balaban J connectivity index is 2.39. The van der Waals surface area contributed by atoms with Crippen molar-refractivity contribution in [3.05, 3.63) is 40.6 Å². The van der Waals surface area contributed by atoms with E-state index in [9.17, 15) is 5.11 Å². The smallest absolute Gasteiger partial charge is 0.125 e. The molecule has 0 fully saturated rings. The number of hydrogen-bond donors (Lipinski definition) is 1. The van der Waals surface area contributed by atoms with Crippen molar-refractivity contribution in [1.82, 2.24) is 9.78 Å². The molecule has 0 spiro atoms. The van der Waals surface area contributed by atoms with Crippen molar-refractivity contribution in [1.29, 1.82) is 0 Å². The van der Waals surface area contributed by atoms with E-state index in [4.69, 9.17) is 16.0 Å². The van der Waals surface area contributed by atoms with E-state index in [1.54, 1.807) is 23.2 Å². The summed E-state index contributed by atoms with van der Waals surface area (Å²) in [5.41, 5.74) is 1.35. The van der Waals surface area contributed by atoms with E-state index in [0.29, 0.717) is 16.5 Å². The lowest BCUT2D eigenvalue weighted by Gasteiger charge is -2.13. The van der Waals surface area contributed by atoms with Gasteiger partial charge in [-0.1, -0.05) is 18.5 Å². The number of aromatic nitrogens is 2. The Morgan fingerprint density at radius 1 is 1.59 bits per heavy atom. The first-order chi connectivity index (χ1) is 8.15. The van der Waals surface area contributed by atoms with Crippen molar-refractivity contribution in [3.63, 3.8) is 0 Å². The van der Waals surface area contributed by atoms with E-state index in [2.05, 4.69) is 12.0 Å².